The molecule has 0 aliphatic carbocycles. The lowest BCUT2D eigenvalue weighted by Gasteiger charge is -2.23. The number of nitrogens with one attached hydrogen (secondary N) is 2. The van der Waals surface area contributed by atoms with Gasteiger partial charge in [0.2, 0.25) is 0 Å². The number of H-pyrrole nitrogens is 1. The number of thiophene rings is 1. The van der Waals surface area contributed by atoms with E-state index in [9.17, 15) is 0 Å². The van der Waals surface area contributed by atoms with Gasteiger partial charge in [0.1, 0.15) is 0 Å². The van der Waals surface area contributed by atoms with Gasteiger partial charge >= 0.3 is 0 Å². The van der Waals surface area contributed by atoms with Crippen LogP contribution in [-0.4, -0.2) is 11.5 Å². The summed E-state index contributed by atoms with van der Waals surface area (Å²) in [6, 6.07) is 11.1. The van der Waals surface area contributed by atoms with Crippen molar-refractivity contribution in [2.24, 2.45) is 0 Å². The molecule has 0 amide bonds. The average Bonchev–Trinajstić information content (AvgIpc) is 3.05. The first-order valence-electron chi connectivity index (χ1n) is 6.28. The second kappa shape index (κ2) is 3.97. The minimum Gasteiger partial charge on any atom is -0.357 e. The summed E-state index contributed by atoms with van der Waals surface area (Å²) in [5.41, 5.74) is 5.46. The topological polar surface area (TPSA) is 27.8 Å². The van der Waals surface area contributed by atoms with E-state index in [2.05, 4.69) is 51.4 Å². The van der Waals surface area contributed by atoms with Crippen LogP contribution in [0.4, 0.5) is 0 Å². The number of hydrogen-bond donors (Lipinski definition) is 2. The molecule has 2 N–H and O–H groups in total. The van der Waals surface area contributed by atoms with Crippen LogP contribution in [0, 0.1) is 0 Å². The van der Waals surface area contributed by atoms with Crippen molar-refractivity contribution in [3.8, 4) is 0 Å². The number of aromatic nitrogens is 1. The van der Waals surface area contributed by atoms with Crippen LogP contribution in [0.25, 0.3) is 10.9 Å². The van der Waals surface area contributed by atoms with E-state index in [0.717, 1.165) is 13.0 Å². The summed E-state index contributed by atoms with van der Waals surface area (Å²) in [5.74, 6) is 0. The number of benzene rings is 1. The molecule has 3 heterocycles. The Balaban J connectivity index is 1.94. The Hall–Kier alpha value is -1.58. The van der Waals surface area contributed by atoms with Gasteiger partial charge in [-0.2, -0.15) is 11.3 Å². The smallest absolute Gasteiger partial charge is 0.0740 e. The number of para-hydroxylation sites is 1. The Labute approximate surface area is 110 Å². The average molecular weight is 254 g/mol. The van der Waals surface area contributed by atoms with Gasteiger partial charge in [-0.3, -0.25) is 0 Å². The standard InChI is InChI=1S/C15H14N2S/c1-2-4-13-11(3-1)12-5-7-16-14(15(12)17-13)10-6-8-18-9-10/h1-4,6,8-9,14,16-17H,5,7H2. The van der Waals surface area contributed by atoms with Crippen molar-refractivity contribution in [3.63, 3.8) is 0 Å². The van der Waals surface area contributed by atoms with E-state index in [4.69, 9.17) is 0 Å². The van der Waals surface area contributed by atoms with Gasteiger partial charge in [-0.25, -0.2) is 0 Å². The normalized spacial score (nSPS) is 19.0. The quantitative estimate of drug-likeness (QED) is 0.684. The highest BCUT2D eigenvalue weighted by Gasteiger charge is 2.24. The Morgan fingerprint density at radius 2 is 2.11 bits per heavy atom. The molecule has 1 aliphatic heterocycles. The summed E-state index contributed by atoms with van der Waals surface area (Å²) in [5, 5.41) is 9.38. The molecule has 0 spiro atoms. The molecule has 0 fully saturated rings. The monoisotopic (exact) mass is 254 g/mol. The van der Waals surface area contributed by atoms with E-state index < -0.39 is 0 Å². The van der Waals surface area contributed by atoms with Crippen molar-refractivity contribution in [2.75, 3.05) is 6.54 Å². The van der Waals surface area contributed by atoms with Gasteiger partial charge in [0.25, 0.3) is 0 Å². The van der Waals surface area contributed by atoms with Gasteiger partial charge in [-0.1, -0.05) is 18.2 Å². The zero-order valence-electron chi connectivity index (χ0n) is 9.94. The second-order valence-corrected chi connectivity index (χ2v) is 5.54. The van der Waals surface area contributed by atoms with Crippen LogP contribution >= 0.6 is 11.3 Å². The number of fused-ring (bicyclic) bond motifs is 3. The molecular weight excluding hydrogens is 240 g/mol. The van der Waals surface area contributed by atoms with E-state index in [1.54, 1.807) is 11.3 Å². The predicted octanol–water partition coefficient (Wildman–Crippen LogP) is 3.46. The van der Waals surface area contributed by atoms with Gasteiger partial charge in [-0.05, 0) is 40.4 Å². The third-order valence-corrected chi connectivity index (χ3v) is 4.44. The fraction of sp³-hybridized carbons (Fsp3) is 0.200. The van der Waals surface area contributed by atoms with Crippen molar-refractivity contribution in [3.05, 3.63) is 57.9 Å². The molecule has 0 saturated carbocycles. The van der Waals surface area contributed by atoms with Gasteiger partial charge in [0.15, 0.2) is 0 Å². The van der Waals surface area contributed by atoms with Crippen LogP contribution in [-0.2, 0) is 6.42 Å². The second-order valence-electron chi connectivity index (χ2n) is 4.76. The van der Waals surface area contributed by atoms with Crippen LogP contribution in [0.5, 0.6) is 0 Å². The first-order valence-corrected chi connectivity index (χ1v) is 7.23. The van der Waals surface area contributed by atoms with Gasteiger partial charge in [0.05, 0.1) is 6.04 Å². The van der Waals surface area contributed by atoms with E-state index in [-0.39, 0.29) is 0 Å². The molecule has 2 nitrogen and oxygen atoms in total. The van der Waals surface area contributed by atoms with Crippen LogP contribution in [0.3, 0.4) is 0 Å². The molecule has 4 rings (SSSR count). The maximum atomic E-state index is 3.61. The zero-order chi connectivity index (χ0) is 11.9. The Bertz CT molecular complexity index is 682. The maximum Gasteiger partial charge on any atom is 0.0740 e. The summed E-state index contributed by atoms with van der Waals surface area (Å²) in [6.07, 6.45) is 1.11. The van der Waals surface area contributed by atoms with Crippen LogP contribution in [0.2, 0.25) is 0 Å². The predicted molar refractivity (Wildman–Crippen MR) is 76.2 cm³/mol. The molecule has 0 bridgehead atoms. The highest BCUT2D eigenvalue weighted by Crippen LogP contribution is 2.33. The molecular formula is C15H14N2S. The molecule has 18 heavy (non-hydrogen) atoms. The highest BCUT2D eigenvalue weighted by atomic mass is 32.1. The van der Waals surface area contributed by atoms with Gasteiger partial charge < -0.3 is 10.3 Å². The number of aromatic amines is 1. The van der Waals surface area contributed by atoms with Gasteiger partial charge in [0, 0.05) is 23.1 Å². The molecule has 1 aromatic carbocycles. The van der Waals surface area contributed by atoms with Crippen molar-refractivity contribution < 1.29 is 0 Å². The first-order chi connectivity index (χ1) is 8.93. The summed E-state index contributed by atoms with van der Waals surface area (Å²) < 4.78 is 0. The molecule has 2 aromatic heterocycles. The molecule has 1 aliphatic rings. The SMILES string of the molecule is c1ccc2c3c([nH]c2c1)C(c1ccsc1)NCC3. The Morgan fingerprint density at radius 1 is 1.17 bits per heavy atom. The van der Waals surface area contributed by atoms with E-state index in [1.807, 2.05) is 0 Å². The van der Waals surface area contributed by atoms with Crippen molar-refractivity contribution in [2.45, 2.75) is 12.5 Å². The Kier molecular flexibility index (Phi) is 2.28. The summed E-state index contributed by atoms with van der Waals surface area (Å²) >= 11 is 1.76. The number of hydrogen-bond acceptors (Lipinski definition) is 2. The van der Waals surface area contributed by atoms with Crippen LogP contribution in [0.1, 0.15) is 22.9 Å². The summed E-state index contributed by atoms with van der Waals surface area (Å²) in [6.45, 7) is 1.05. The third-order valence-electron chi connectivity index (χ3n) is 3.74. The van der Waals surface area contributed by atoms with Gasteiger partial charge in [-0.15, -0.1) is 0 Å². The minimum atomic E-state index is 0.326. The molecule has 0 saturated heterocycles. The van der Waals surface area contributed by atoms with E-state index >= 15 is 0 Å². The molecule has 3 aromatic rings. The van der Waals surface area contributed by atoms with Crippen LogP contribution in [0.15, 0.2) is 41.1 Å². The van der Waals surface area contributed by atoms with E-state index in [1.165, 1.54) is 27.7 Å². The lowest BCUT2D eigenvalue weighted by molar-refractivity contribution is 0.561. The van der Waals surface area contributed by atoms with Crippen molar-refractivity contribution >= 4 is 22.2 Å². The zero-order valence-corrected chi connectivity index (χ0v) is 10.8. The maximum absolute atomic E-state index is 3.61. The summed E-state index contributed by atoms with van der Waals surface area (Å²) in [7, 11) is 0. The largest absolute Gasteiger partial charge is 0.357 e. The highest BCUT2D eigenvalue weighted by molar-refractivity contribution is 7.08. The molecule has 3 heteroatoms. The molecule has 1 unspecified atom stereocenters. The fourth-order valence-corrected chi connectivity index (χ4v) is 3.59. The molecule has 1 atom stereocenters. The fourth-order valence-electron chi connectivity index (χ4n) is 2.90. The lowest BCUT2D eigenvalue weighted by Crippen LogP contribution is -2.30. The molecule has 0 radical (unpaired) electrons. The van der Waals surface area contributed by atoms with Crippen molar-refractivity contribution in [1.82, 2.24) is 10.3 Å². The number of rotatable bonds is 1. The first kappa shape index (κ1) is 10.4. The Morgan fingerprint density at radius 3 is 3.00 bits per heavy atom. The third kappa shape index (κ3) is 1.44. The lowest BCUT2D eigenvalue weighted by atomic mass is 9.96. The minimum absolute atomic E-state index is 0.326. The van der Waals surface area contributed by atoms with Crippen molar-refractivity contribution in [1.29, 1.82) is 0 Å². The van der Waals surface area contributed by atoms with Crippen LogP contribution < -0.4 is 5.32 Å². The molecule has 90 valence electrons. The summed E-state index contributed by atoms with van der Waals surface area (Å²) in [4.78, 5) is 3.60. The van der Waals surface area contributed by atoms with E-state index in [0.29, 0.717) is 6.04 Å².